The van der Waals surface area contributed by atoms with E-state index in [2.05, 4.69) is 25.3 Å². The van der Waals surface area contributed by atoms with Crippen LogP contribution in [0.4, 0.5) is 23.4 Å². The molecule has 0 saturated carbocycles. The standard InChI is InChI=1S/C16H14F4N6O.H2/c1-8(15(27)24-7-16(18,19)20)25-14-11(17)6-23-13(26-14)10-3-5-22-12-9(10)2-4-21-12;/h2-6,8H,7H2,1H3,(H,21,22)(H,24,27)(H,23,25,26);1H/t8-;/m1./s1. The zero-order valence-corrected chi connectivity index (χ0v) is 13.9. The number of H-pyrrole nitrogens is 1. The number of hydrogen-bond donors (Lipinski definition) is 3. The lowest BCUT2D eigenvalue weighted by molar-refractivity contribution is -0.138. The van der Waals surface area contributed by atoms with E-state index in [0.717, 1.165) is 6.20 Å². The van der Waals surface area contributed by atoms with Crippen LogP contribution in [0, 0.1) is 5.82 Å². The van der Waals surface area contributed by atoms with E-state index >= 15 is 0 Å². The third-order valence-corrected chi connectivity index (χ3v) is 3.65. The molecule has 3 heterocycles. The van der Waals surface area contributed by atoms with E-state index in [0.29, 0.717) is 16.6 Å². The third-order valence-electron chi connectivity index (χ3n) is 3.65. The zero-order valence-electron chi connectivity index (χ0n) is 13.9. The fourth-order valence-corrected chi connectivity index (χ4v) is 2.37. The van der Waals surface area contributed by atoms with Crippen molar-refractivity contribution >= 4 is 22.8 Å². The zero-order chi connectivity index (χ0) is 19.6. The molecule has 1 amide bonds. The Morgan fingerprint density at radius 3 is 2.85 bits per heavy atom. The largest absolute Gasteiger partial charge is 0.405 e. The van der Waals surface area contributed by atoms with Crippen molar-refractivity contribution in [3.8, 4) is 11.4 Å². The number of nitrogens with zero attached hydrogens (tertiary/aromatic N) is 3. The summed E-state index contributed by atoms with van der Waals surface area (Å²) in [4.78, 5) is 26.8. The third kappa shape index (κ3) is 4.30. The van der Waals surface area contributed by atoms with Gasteiger partial charge in [-0.3, -0.25) is 4.79 Å². The fraction of sp³-hybridized carbons (Fsp3) is 0.250. The minimum Gasteiger partial charge on any atom is -0.356 e. The van der Waals surface area contributed by atoms with Crippen molar-refractivity contribution < 1.29 is 23.8 Å². The normalized spacial score (nSPS) is 12.8. The highest BCUT2D eigenvalue weighted by Crippen LogP contribution is 2.25. The van der Waals surface area contributed by atoms with E-state index in [1.54, 1.807) is 23.6 Å². The number of anilines is 1. The van der Waals surface area contributed by atoms with Crippen molar-refractivity contribution in [1.82, 2.24) is 25.3 Å². The van der Waals surface area contributed by atoms with Crippen molar-refractivity contribution in [3.05, 3.63) is 36.5 Å². The molecule has 0 radical (unpaired) electrons. The molecule has 3 aromatic rings. The average Bonchev–Trinajstić information content (AvgIpc) is 3.09. The van der Waals surface area contributed by atoms with Crippen molar-refractivity contribution in [2.75, 3.05) is 11.9 Å². The molecule has 1 atom stereocenters. The molecule has 0 aromatic carbocycles. The summed E-state index contributed by atoms with van der Waals surface area (Å²) >= 11 is 0. The van der Waals surface area contributed by atoms with Crippen LogP contribution in [0.15, 0.2) is 30.7 Å². The van der Waals surface area contributed by atoms with Gasteiger partial charge in [0, 0.05) is 24.8 Å². The summed E-state index contributed by atoms with van der Waals surface area (Å²) in [5.74, 6) is -1.90. The second kappa shape index (κ2) is 7.17. The molecule has 27 heavy (non-hydrogen) atoms. The molecule has 11 heteroatoms. The molecule has 0 saturated heterocycles. The molecular weight excluding hydrogens is 368 g/mol. The van der Waals surface area contributed by atoms with E-state index in [9.17, 15) is 22.4 Å². The van der Waals surface area contributed by atoms with Crippen LogP contribution in [0.3, 0.4) is 0 Å². The number of aromatic amines is 1. The van der Waals surface area contributed by atoms with Gasteiger partial charge in [-0.1, -0.05) is 0 Å². The molecule has 3 rings (SSSR count). The Labute approximate surface area is 151 Å². The maximum absolute atomic E-state index is 14.0. The van der Waals surface area contributed by atoms with Crippen LogP contribution < -0.4 is 10.6 Å². The van der Waals surface area contributed by atoms with Crippen LogP contribution in [0.1, 0.15) is 8.35 Å². The number of rotatable bonds is 5. The summed E-state index contributed by atoms with van der Waals surface area (Å²) in [6, 6.07) is 2.26. The highest BCUT2D eigenvalue weighted by Gasteiger charge is 2.29. The first-order valence-electron chi connectivity index (χ1n) is 7.80. The van der Waals surface area contributed by atoms with Crippen LogP contribution in [0.2, 0.25) is 0 Å². The second-order valence-electron chi connectivity index (χ2n) is 5.69. The highest BCUT2D eigenvalue weighted by atomic mass is 19.4. The highest BCUT2D eigenvalue weighted by molar-refractivity contribution is 5.91. The predicted octanol–water partition coefficient (Wildman–Crippen LogP) is 2.88. The quantitative estimate of drug-likeness (QED) is 0.588. The molecule has 0 bridgehead atoms. The van der Waals surface area contributed by atoms with Crippen LogP contribution >= 0.6 is 0 Å². The van der Waals surface area contributed by atoms with Gasteiger partial charge < -0.3 is 15.6 Å². The van der Waals surface area contributed by atoms with Crippen molar-refractivity contribution in [2.24, 2.45) is 0 Å². The van der Waals surface area contributed by atoms with Gasteiger partial charge in [0.25, 0.3) is 0 Å². The van der Waals surface area contributed by atoms with Crippen LogP contribution in [-0.4, -0.2) is 44.6 Å². The molecule has 0 fully saturated rings. The maximum atomic E-state index is 14.0. The Morgan fingerprint density at radius 2 is 2.11 bits per heavy atom. The molecule has 7 nitrogen and oxygen atoms in total. The molecule has 0 aliphatic rings. The summed E-state index contributed by atoms with van der Waals surface area (Å²) in [7, 11) is 0. The van der Waals surface area contributed by atoms with Crippen molar-refractivity contribution in [2.45, 2.75) is 19.1 Å². The summed E-state index contributed by atoms with van der Waals surface area (Å²) in [5, 5.41) is 4.91. The van der Waals surface area contributed by atoms with Gasteiger partial charge in [0.15, 0.2) is 17.5 Å². The van der Waals surface area contributed by atoms with Crippen LogP contribution in [0.25, 0.3) is 22.4 Å². The Balaban J connectivity index is 0.00000280. The van der Waals surface area contributed by atoms with Gasteiger partial charge in [0.1, 0.15) is 18.2 Å². The number of aromatic nitrogens is 4. The second-order valence-corrected chi connectivity index (χ2v) is 5.69. The van der Waals surface area contributed by atoms with E-state index in [1.807, 2.05) is 0 Å². The molecule has 144 valence electrons. The molecular formula is C16H16F4N6O. The lowest BCUT2D eigenvalue weighted by Gasteiger charge is -2.16. The summed E-state index contributed by atoms with van der Waals surface area (Å²) in [6.07, 6.45) is -0.409. The van der Waals surface area contributed by atoms with Crippen LogP contribution in [0.5, 0.6) is 0 Å². The van der Waals surface area contributed by atoms with E-state index in [1.165, 1.54) is 13.1 Å². The Hall–Kier alpha value is -3.24. The fourth-order valence-electron chi connectivity index (χ4n) is 2.37. The van der Waals surface area contributed by atoms with Gasteiger partial charge in [-0.2, -0.15) is 13.2 Å². The minimum absolute atomic E-state index is 0. The topological polar surface area (TPSA) is 95.6 Å². The first-order chi connectivity index (χ1) is 12.7. The predicted molar refractivity (Wildman–Crippen MR) is 91.3 cm³/mol. The lowest BCUT2D eigenvalue weighted by Crippen LogP contribution is -2.42. The van der Waals surface area contributed by atoms with Crippen molar-refractivity contribution in [1.29, 1.82) is 0 Å². The monoisotopic (exact) mass is 384 g/mol. The van der Waals surface area contributed by atoms with Gasteiger partial charge in [-0.15, -0.1) is 0 Å². The smallest absolute Gasteiger partial charge is 0.356 e. The number of nitrogens with one attached hydrogen (secondary N) is 3. The minimum atomic E-state index is -4.54. The van der Waals surface area contributed by atoms with Crippen LogP contribution in [-0.2, 0) is 4.79 Å². The van der Waals surface area contributed by atoms with Gasteiger partial charge in [-0.25, -0.2) is 19.3 Å². The first-order valence-corrected chi connectivity index (χ1v) is 7.80. The number of alkyl halides is 3. The van der Waals surface area contributed by atoms with Gasteiger partial charge in [-0.05, 0) is 19.1 Å². The van der Waals surface area contributed by atoms with Gasteiger partial charge >= 0.3 is 6.18 Å². The van der Waals surface area contributed by atoms with E-state index < -0.39 is 30.5 Å². The van der Waals surface area contributed by atoms with E-state index in [-0.39, 0.29) is 13.1 Å². The van der Waals surface area contributed by atoms with Crippen molar-refractivity contribution in [3.63, 3.8) is 0 Å². The SMILES string of the molecule is C[C@@H](Nc1nc(-c2ccnc3[nH]ccc23)ncc1F)C(=O)NCC(F)(F)F.[HH]. The molecule has 3 aromatic heterocycles. The number of pyridine rings is 1. The molecule has 3 N–H and O–H groups in total. The average molecular weight is 384 g/mol. The Kier molecular flexibility index (Phi) is 4.93. The summed E-state index contributed by atoms with van der Waals surface area (Å²) in [6.45, 7) is -0.179. The first kappa shape index (κ1) is 18.5. The molecule has 0 spiro atoms. The molecule has 0 unspecified atom stereocenters. The lowest BCUT2D eigenvalue weighted by atomic mass is 10.2. The number of fused-ring (bicyclic) bond motifs is 1. The number of halogens is 4. The number of carbonyl (C=O) groups is 1. The molecule has 0 aliphatic heterocycles. The van der Waals surface area contributed by atoms with E-state index in [4.69, 9.17) is 0 Å². The number of amides is 1. The Bertz CT molecular complexity index is 977. The summed E-state index contributed by atoms with van der Waals surface area (Å²) in [5.41, 5.74) is 1.17. The molecule has 0 aliphatic carbocycles. The Morgan fingerprint density at radius 1 is 1.33 bits per heavy atom. The van der Waals surface area contributed by atoms with Gasteiger partial charge in [0.2, 0.25) is 5.91 Å². The summed E-state index contributed by atoms with van der Waals surface area (Å²) < 4.78 is 50.6. The number of hydrogen-bond acceptors (Lipinski definition) is 5. The number of carbonyl (C=O) groups excluding carboxylic acids is 1. The van der Waals surface area contributed by atoms with Gasteiger partial charge in [0.05, 0.1) is 6.20 Å². The maximum Gasteiger partial charge on any atom is 0.405 e.